The largest absolute Gasteiger partial charge is 0.464 e. The van der Waals surface area contributed by atoms with E-state index in [0.717, 1.165) is 12.8 Å². The first kappa shape index (κ1) is 20.2. The van der Waals surface area contributed by atoms with Crippen molar-refractivity contribution in [2.24, 2.45) is 0 Å². The highest BCUT2D eigenvalue weighted by molar-refractivity contribution is 8.01. The van der Waals surface area contributed by atoms with Crippen LogP contribution in [-0.4, -0.2) is 31.2 Å². The Kier molecular flexibility index (Phi) is 6.51. The summed E-state index contributed by atoms with van der Waals surface area (Å²) in [6.45, 7) is 5.96. The molecular formula is C16H22ClN3O3S2. The van der Waals surface area contributed by atoms with Gasteiger partial charge in [-0.2, -0.15) is 25.3 Å². The maximum Gasteiger partial charge on any atom is 0.332 e. The highest BCUT2D eigenvalue weighted by Crippen LogP contribution is 2.34. The maximum absolute atomic E-state index is 12.5. The summed E-state index contributed by atoms with van der Waals surface area (Å²) in [5, 5.41) is 0.350. The molecule has 0 aliphatic carbocycles. The molecule has 0 fully saturated rings. The van der Waals surface area contributed by atoms with Crippen LogP contribution in [0.15, 0.2) is 11.0 Å². The average molecular weight is 404 g/mol. The van der Waals surface area contributed by atoms with Crippen molar-refractivity contribution in [2.75, 3.05) is 6.61 Å². The molecule has 2 heterocycles. The van der Waals surface area contributed by atoms with E-state index < -0.39 is 10.0 Å². The van der Waals surface area contributed by atoms with E-state index in [1.54, 1.807) is 11.5 Å². The smallest absolute Gasteiger partial charge is 0.332 e. The monoisotopic (exact) mass is 403 g/mol. The molecule has 0 spiro atoms. The molecule has 2 rings (SSSR count). The van der Waals surface area contributed by atoms with Crippen LogP contribution in [0, 0.1) is 0 Å². The second-order valence-corrected chi connectivity index (χ2v) is 8.05. The number of fused-ring (bicyclic) bond motifs is 1. The van der Waals surface area contributed by atoms with Crippen LogP contribution in [0.3, 0.4) is 0 Å². The fourth-order valence-corrected chi connectivity index (χ4v) is 3.52. The van der Waals surface area contributed by atoms with E-state index in [1.807, 2.05) is 13.8 Å². The number of hydrogen-bond donors (Lipinski definition) is 3. The number of pyridine rings is 1. The molecule has 138 valence electrons. The number of rotatable bonds is 7. The number of nitrogens with one attached hydrogen (secondary N) is 1. The first-order valence-corrected chi connectivity index (χ1v) is 9.43. The number of aromatic nitrogens is 3. The average Bonchev–Trinajstić information content (AvgIpc) is 2.89. The lowest BCUT2D eigenvalue weighted by Gasteiger charge is -2.22. The van der Waals surface area contributed by atoms with Gasteiger partial charge < -0.3 is 4.74 Å². The summed E-state index contributed by atoms with van der Waals surface area (Å²) in [5.74, 6) is -0.560. The van der Waals surface area contributed by atoms with Gasteiger partial charge in [0, 0.05) is 24.2 Å². The van der Waals surface area contributed by atoms with Gasteiger partial charge in [0.15, 0.2) is 9.73 Å². The maximum atomic E-state index is 12.5. The van der Waals surface area contributed by atoms with Gasteiger partial charge in [-0.3, -0.25) is 9.55 Å². The molecule has 0 saturated heterocycles. The van der Waals surface area contributed by atoms with Crippen LogP contribution in [-0.2, 0) is 16.0 Å². The zero-order valence-corrected chi connectivity index (χ0v) is 16.9. The molecule has 0 aliphatic heterocycles. The minimum atomic E-state index is -1.37. The number of H-pyrrole nitrogens is 1. The molecule has 0 unspecified atom stereocenters. The van der Waals surface area contributed by atoms with E-state index in [-0.39, 0.29) is 24.8 Å². The Balaban J connectivity index is 2.65. The molecule has 0 radical (unpaired) electrons. The van der Waals surface area contributed by atoms with Crippen molar-refractivity contribution in [1.29, 1.82) is 0 Å². The number of ether oxygens (including phenoxy) is 1. The summed E-state index contributed by atoms with van der Waals surface area (Å²) >= 11 is 15.1. The summed E-state index contributed by atoms with van der Waals surface area (Å²) in [5.41, 5.74) is 1.36. The van der Waals surface area contributed by atoms with Gasteiger partial charge in [-0.25, -0.2) is 14.6 Å². The molecule has 0 aliphatic rings. The molecule has 0 aromatic carbocycles. The van der Waals surface area contributed by atoms with E-state index in [0.29, 0.717) is 21.7 Å². The van der Waals surface area contributed by atoms with Crippen molar-refractivity contribution in [3.05, 3.63) is 27.3 Å². The predicted octanol–water partition coefficient (Wildman–Crippen LogP) is 3.40. The predicted molar refractivity (Wildman–Crippen MR) is 106 cm³/mol. The summed E-state index contributed by atoms with van der Waals surface area (Å²) in [7, 11) is 0. The van der Waals surface area contributed by atoms with E-state index in [1.165, 1.54) is 6.20 Å². The van der Waals surface area contributed by atoms with E-state index >= 15 is 0 Å². The summed E-state index contributed by atoms with van der Waals surface area (Å²) < 4.78 is 5.31. The Morgan fingerprint density at radius 3 is 2.60 bits per heavy atom. The van der Waals surface area contributed by atoms with E-state index in [9.17, 15) is 9.59 Å². The Morgan fingerprint density at radius 1 is 1.40 bits per heavy atom. The lowest BCUT2D eigenvalue weighted by atomic mass is 10.1. The Bertz CT molecular complexity index is 828. The number of thiol groups is 2. The van der Waals surface area contributed by atoms with Gasteiger partial charge >= 0.3 is 11.7 Å². The third-order valence-corrected chi connectivity index (χ3v) is 5.13. The van der Waals surface area contributed by atoms with Gasteiger partial charge in [-0.05, 0) is 19.8 Å². The van der Waals surface area contributed by atoms with Gasteiger partial charge in [0.25, 0.3) is 0 Å². The molecule has 9 heteroatoms. The lowest BCUT2D eigenvalue weighted by molar-refractivity contribution is -0.143. The standard InChI is InChI=1S/C16H22ClN3O3S2/c1-4-9(5-2)20-12-10(7-16(24,25)14(21)23-6-3)11(17)8-18-13(12)19-15(20)22/h8-9,24-25H,4-7H2,1-3H3,(H,18,19,22). The number of aromatic amines is 1. The molecule has 0 atom stereocenters. The van der Waals surface area contributed by atoms with Gasteiger partial charge in [0.1, 0.15) is 0 Å². The molecule has 0 saturated carbocycles. The third-order valence-electron chi connectivity index (χ3n) is 4.12. The number of carbonyl (C=O) groups is 1. The number of halogens is 1. The van der Waals surface area contributed by atoms with Crippen LogP contribution in [0.5, 0.6) is 0 Å². The van der Waals surface area contributed by atoms with Gasteiger partial charge in [0.2, 0.25) is 0 Å². The van der Waals surface area contributed by atoms with Crippen molar-refractivity contribution >= 4 is 54.0 Å². The molecule has 1 N–H and O–H groups in total. The second kappa shape index (κ2) is 8.05. The first-order chi connectivity index (χ1) is 11.8. The third kappa shape index (κ3) is 4.01. The number of hydrogen-bond acceptors (Lipinski definition) is 6. The second-order valence-electron chi connectivity index (χ2n) is 5.77. The van der Waals surface area contributed by atoms with Crippen molar-refractivity contribution in [3.63, 3.8) is 0 Å². The normalized spacial score (nSPS) is 12.1. The molecular weight excluding hydrogens is 382 g/mol. The van der Waals surface area contributed by atoms with Crippen molar-refractivity contribution in [1.82, 2.24) is 14.5 Å². The molecule has 25 heavy (non-hydrogen) atoms. The highest BCUT2D eigenvalue weighted by Gasteiger charge is 2.34. The number of carbonyl (C=O) groups excluding carboxylic acids is 1. The number of esters is 1. The van der Waals surface area contributed by atoms with Crippen molar-refractivity contribution < 1.29 is 9.53 Å². The van der Waals surface area contributed by atoms with Crippen LogP contribution in [0.1, 0.15) is 45.2 Å². The van der Waals surface area contributed by atoms with Gasteiger partial charge in [0.05, 0.1) is 17.1 Å². The SMILES string of the molecule is CCOC(=O)C(S)(S)Cc1c(Cl)cnc2[nH]c(=O)n(C(CC)CC)c12. The summed E-state index contributed by atoms with van der Waals surface area (Å²) in [6, 6.07) is -0.00269. The lowest BCUT2D eigenvalue weighted by Crippen LogP contribution is -2.32. The quantitative estimate of drug-likeness (QED) is 0.376. The van der Waals surface area contributed by atoms with Crippen LogP contribution >= 0.6 is 36.9 Å². The van der Waals surface area contributed by atoms with Gasteiger partial charge in [-0.1, -0.05) is 25.4 Å². The number of nitrogens with zero attached hydrogens (tertiary/aromatic N) is 2. The highest BCUT2D eigenvalue weighted by atomic mass is 35.5. The fourth-order valence-electron chi connectivity index (χ4n) is 2.87. The molecule has 6 nitrogen and oxygen atoms in total. The topological polar surface area (TPSA) is 77.0 Å². The Labute approximate surface area is 162 Å². The molecule has 2 aromatic rings. The van der Waals surface area contributed by atoms with Crippen LogP contribution in [0.2, 0.25) is 5.02 Å². The fraction of sp³-hybridized carbons (Fsp3) is 0.562. The zero-order chi connectivity index (χ0) is 18.8. The summed E-state index contributed by atoms with van der Waals surface area (Å²) in [4.78, 5) is 31.6. The van der Waals surface area contributed by atoms with Crippen molar-refractivity contribution in [2.45, 2.75) is 50.2 Å². The Hall–Kier alpha value is -1.12. The van der Waals surface area contributed by atoms with E-state index in [2.05, 4.69) is 35.2 Å². The van der Waals surface area contributed by atoms with Crippen molar-refractivity contribution in [3.8, 4) is 0 Å². The number of imidazole rings is 1. The van der Waals surface area contributed by atoms with Crippen LogP contribution in [0.25, 0.3) is 11.2 Å². The summed E-state index contributed by atoms with van der Waals surface area (Å²) in [6.07, 6.45) is 3.10. The molecule has 2 aromatic heterocycles. The Morgan fingerprint density at radius 2 is 2.04 bits per heavy atom. The van der Waals surface area contributed by atoms with Gasteiger partial charge in [-0.15, -0.1) is 0 Å². The van der Waals surface area contributed by atoms with E-state index in [4.69, 9.17) is 16.3 Å². The van der Waals surface area contributed by atoms with Crippen LogP contribution in [0.4, 0.5) is 0 Å². The molecule has 0 amide bonds. The molecule has 0 bridgehead atoms. The zero-order valence-electron chi connectivity index (χ0n) is 14.4. The minimum Gasteiger partial charge on any atom is -0.464 e. The first-order valence-electron chi connectivity index (χ1n) is 8.16. The minimum absolute atomic E-state index is 0.00269. The van der Waals surface area contributed by atoms with Crippen LogP contribution < -0.4 is 5.69 Å².